The number of hydrogen-bond acceptors (Lipinski definition) is 2. The molecule has 3 N–H and O–H groups in total. The number of halogens is 2. The van der Waals surface area contributed by atoms with Crippen LogP contribution < -0.4 is 5.73 Å². The molecule has 1 aliphatic rings. The van der Waals surface area contributed by atoms with Crippen molar-refractivity contribution in [1.82, 2.24) is 14.5 Å². The van der Waals surface area contributed by atoms with Crippen molar-refractivity contribution < 1.29 is 8.78 Å². The number of nitrogens with two attached hydrogens (primary N) is 1. The second-order valence-corrected chi connectivity index (χ2v) is 5.41. The van der Waals surface area contributed by atoms with Crippen molar-refractivity contribution in [3.8, 4) is 0 Å². The fraction of sp³-hybridized carbons (Fsp3) is 0.267. The van der Waals surface area contributed by atoms with E-state index in [4.69, 9.17) is 5.73 Å². The number of hydrogen-bond donors (Lipinski definition) is 2. The number of nitrogens with one attached hydrogen (secondary N) is 1. The number of nitrogens with zero attached hydrogens (tertiary/aromatic N) is 2. The maximum Gasteiger partial charge on any atom is 0.153 e. The van der Waals surface area contributed by atoms with E-state index in [1.165, 1.54) is 0 Å². The molecule has 0 saturated carbocycles. The van der Waals surface area contributed by atoms with Crippen LogP contribution in [-0.4, -0.2) is 20.7 Å². The van der Waals surface area contributed by atoms with Crippen LogP contribution in [0.3, 0.4) is 0 Å². The van der Waals surface area contributed by atoms with E-state index >= 15 is 0 Å². The zero-order valence-corrected chi connectivity index (χ0v) is 11.2. The molecule has 0 aliphatic carbocycles. The van der Waals surface area contributed by atoms with Crippen LogP contribution in [0.1, 0.15) is 23.1 Å². The largest absolute Gasteiger partial charge is 0.354 e. The van der Waals surface area contributed by atoms with Gasteiger partial charge in [0.2, 0.25) is 0 Å². The Hall–Kier alpha value is -2.21. The molecule has 0 saturated heterocycles. The van der Waals surface area contributed by atoms with Crippen LogP contribution in [0, 0.1) is 5.82 Å². The molecule has 3 heterocycles. The van der Waals surface area contributed by atoms with Crippen molar-refractivity contribution in [3.63, 3.8) is 0 Å². The summed E-state index contributed by atoms with van der Waals surface area (Å²) in [4.78, 5) is 7.26. The van der Waals surface area contributed by atoms with Crippen LogP contribution in [0.15, 0.2) is 30.6 Å². The highest BCUT2D eigenvalue weighted by Crippen LogP contribution is 2.31. The zero-order chi connectivity index (χ0) is 14.6. The molecule has 0 fully saturated rings. The molecule has 0 radical (unpaired) electrons. The Morgan fingerprint density at radius 1 is 1.38 bits per heavy atom. The van der Waals surface area contributed by atoms with Gasteiger partial charge in [-0.1, -0.05) is 12.1 Å². The minimum atomic E-state index is -0.915. The third kappa shape index (κ3) is 1.79. The summed E-state index contributed by atoms with van der Waals surface area (Å²) < 4.78 is 29.7. The normalized spacial score (nSPS) is 19.1. The summed E-state index contributed by atoms with van der Waals surface area (Å²) in [6, 6.07) is 6.38. The maximum absolute atomic E-state index is 14.5. The van der Waals surface area contributed by atoms with Gasteiger partial charge in [-0.15, -0.1) is 0 Å². The van der Waals surface area contributed by atoms with Crippen molar-refractivity contribution in [1.29, 1.82) is 0 Å². The second-order valence-electron chi connectivity index (χ2n) is 5.41. The van der Waals surface area contributed by atoms with Crippen molar-refractivity contribution >= 4 is 10.9 Å². The Labute approximate surface area is 119 Å². The number of aromatic nitrogens is 3. The average Bonchev–Trinajstić information content (AvgIpc) is 3.11. The van der Waals surface area contributed by atoms with Gasteiger partial charge in [0.25, 0.3) is 0 Å². The quantitative estimate of drug-likeness (QED) is 0.761. The summed E-state index contributed by atoms with van der Waals surface area (Å²) in [7, 11) is 0. The Bertz CT molecular complexity index is 820. The number of aromatic amines is 1. The number of para-hydroxylation sites is 1. The molecular formula is C15H14F2N4. The van der Waals surface area contributed by atoms with E-state index in [1.54, 1.807) is 29.1 Å². The fourth-order valence-corrected chi connectivity index (χ4v) is 3.03. The Kier molecular flexibility index (Phi) is 2.62. The van der Waals surface area contributed by atoms with E-state index in [2.05, 4.69) is 9.97 Å². The molecule has 108 valence electrons. The molecule has 0 bridgehead atoms. The highest BCUT2D eigenvalue weighted by molar-refractivity contribution is 5.81. The Balaban J connectivity index is 1.81. The van der Waals surface area contributed by atoms with Gasteiger partial charge in [-0.05, 0) is 12.1 Å². The maximum atomic E-state index is 14.5. The Morgan fingerprint density at radius 3 is 3.00 bits per heavy atom. The van der Waals surface area contributed by atoms with E-state index in [1.807, 2.05) is 6.07 Å². The van der Waals surface area contributed by atoms with Gasteiger partial charge < -0.3 is 15.3 Å². The van der Waals surface area contributed by atoms with Crippen LogP contribution in [0.5, 0.6) is 0 Å². The molecule has 21 heavy (non-hydrogen) atoms. The molecule has 4 nitrogen and oxygen atoms in total. The standard InChI is InChI=1S/C15H14F2N4/c16-8-5-11-14(19-7-21(11)6-8)13(18)15-12(17)9-3-1-2-4-10(9)20-15/h1-4,7-8,13,20H,5-6,18H2/t8-,13?/m1/s1. The number of fused-ring (bicyclic) bond motifs is 2. The van der Waals surface area contributed by atoms with Crippen LogP contribution >= 0.6 is 0 Å². The third-order valence-corrected chi connectivity index (χ3v) is 4.06. The SMILES string of the molecule is NC(c1ncn2c1C[C@@H](F)C2)c1[nH]c2ccccc2c1F. The summed E-state index contributed by atoms with van der Waals surface area (Å²) in [6.45, 7) is 0.296. The Morgan fingerprint density at radius 2 is 2.19 bits per heavy atom. The first-order valence-corrected chi connectivity index (χ1v) is 6.85. The predicted octanol–water partition coefficient (Wildman–Crippen LogP) is 2.45. The smallest absolute Gasteiger partial charge is 0.153 e. The lowest BCUT2D eigenvalue weighted by Crippen LogP contribution is -2.16. The molecule has 1 aromatic carbocycles. The molecule has 1 aliphatic heterocycles. The highest BCUT2D eigenvalue weighted by atomic mass is 19.1. The van der Waals surface area contributed by atoms with Crippen molar-refractivity contribution in [2.24, 2.45) is 5.73 Å². The molecule has 2 aromatic heterocycles. The fourth-order valence-electron chi connectivity index (χ4n) is 3.03. The lowest BCUT2D eigenvalue weighted by Gasteiger charge is -2.09. The van der Waals surface area contributed by atoms with Crippen molar-refractivity contribution in [2.75, 3.05) is 0 Å². The number of rotatable bonds is 2. The van der Waals surface area contributed by atoms with Gasteiger partial charge in [-0.25, -0.2) is 13.8 Å². The van der Waals surface area contributed by atoms with Crippen LogP contribution in [0.25, 0.3) is 10.9 Å². The van der Waals surface area contributed by atoms with Crippen molar-refractivity contribution in [3.05, 3.63) is 53.5 Å². The molecule has 0 amide bonds. The molecule has 0 spiro atoms. The van der Waals surface area contributed by atoms with Gasteiger partial charge in [0.15, 0.2) is 5.82 Å². The number of alkyl halides is 1. The van der Waals surface area contributed by atoms with Gasteiger partial charge in [0.05, 0.1) is 30.3 Å². The second kappa shape index (κ2) is 4.39. The van der Waals surface area contributed by atoms with Crippen LogP contribution in [0.2, 0.25) is 0 Å². The third-order valence-electron chi connectivity index (χ3n) is 4.06. The topological polar surface area (TPSA) is 59.6 Å². The first-order chi connectivity index (χ1) is 10.1. The van der Waals surface area contributed by atoms with Gasteiger partial charge in [-0.2, -0.15) is 0 Å². The molecule has 2 atom stereocenters. The summed E-state index contributed by atoms with van der Waals surface area (Å²) in [6.07, 6.45) is 0.941. The predicted molar refractivity (Wildman–Crippen MR) is 75.1 cm³/mol. The zero-order valence-electron chi connectivity index (χ0n) is 11.2. The van der Waals surface area contributed by atoms with E-state index < -0.39 is 12.2 Å². The lowest BCUT2D eigenvalue weighted by molar-refractivity contribution is 0.328. The first-order valence-electron chi connectivity index (χ1n) is 6.85. The van der Waals surface area contributed by atoms with Gasteiger partial charge in [0, 0.05) is 23.0 Å². The van der Waals surface area contributed by atoms with Gasteiger partial charge in [-0.3, -0.25) is 0 Å². The summed E-state index contributed by atoms with van der Waals surface area (Å²) in [5, 5.41) is 0.502. The van der Waals surface area contributed by atoms with Crippen LogP contribution in [0.4, 0.5) is 8.78 Å². The minimum Gasteiger partial charge on any atom is -0.354 e. The van der Waals surface area contributed by atoms with Crippen LogP contribution in [-0.2, 0) is 13.0 Å². The monoisotopic (exact) mass is 288 g/mol. The molecular weight excluding hydrogens is 274 g/mol. The minimum absolute atomic E-state index is 0.283. The number of benzene rings is 1. The van der Waals surface area contributed by atoms with E-state index in [-0.39, 0.29) is 12.2 Å². The molecule has 1 unspecified atom stereocenters. The molecule has 6 heteroatoms. The first kappa shape index (κ1) is 12.5. The number of H-pyrrole nitrogens is 1. The molecule has 4 rings (SSSR count). The van der Waals surface area contributed by atoms with E-state index in [0.717, 1.165) is 5.69 Å². The summed E-state index contributed by atoms with van der Waals surface area (Å²) >= 11 is 0. The van der Waals surface area contributed by atoms with Crippen molar-refractivity contribution in [2.45, 2.75) is 25.2 Å². The summed E-state index contributed by atoms with van der Waals surface area (Å²) in [5.74, 6) is -0.366. The highest BCUT2D eigenvalue weighted by Gasteiger charge is 2.29. The number of imidazole rings is 1. The molecule has 3 aromatic rings. The van der Waals surface area contributed by atoms with Gasteiger partial charge in [0.1, 0.15) is 6.17 Å². The van der Waals surface area contributed by atoms with Gasteiger partial charge >= 0.3 is 0 Å². The van der Waals surface area contributed by atoms with E-state index in [9.17, 15) is 8.78 Å². The average molecular weight is 288 g/mol. The van der Waals surface area contributed by atoms with E-state index in [0.29, 0.717) is 28.8 Å². The summed E-state index contributed by atoms with van der Waals surface area (Å²) in [5.41, 5.74) is 8.46. The lowest BCUT2D eigenvalue weighted by atomic mass is 10.1.